The SMILES string of the molecule is C=C1NCCC1O. The summed E-state index contributed by atoms with van der Waals surface area (Å²) in [4.78, 5) is 0. The van der Waals surface area contributed by atoms with E-state index in [1.807, 2.05) is 0 Å². The van der Waals surface area contributed by atoms with Gasteiger partial charge in [0.25, 0.3) is 0 Å². The molecule has 0 spiro atoms. The Hall–Kier alpha value is -0.500. The van der Waals surface area contributed by atoms with Gasteiger partial charge < -0.3 is 10.4 Å². The third kappa shape index (κ3) is 0.747. The molecule has 7 heavy (non-hydrogen) atoms. The molecule has 2 heteroatoms. The molecule has 0 saturated carbocycles. The minimum atomic E-state index is -0.292. The second-order valence-electron chi connectivity index (χ2n) is 1.76. The van der Waals surface area contributed by atoms with Crippen LogP contribution in [-0.4, -0.2) is 17.8 Å². The fourth-order valence-corrected chi connectivity index (χ4v) is 0.661. The van der Waals surface area contributed by atoms with Crippen LogP contribution in [-0.2, 0) is 0 Å². The van der Waals surface area contributed by atoms with Crippen molar-refractivity contribution in [1.29, 1.82) is 0 Å². The van der Waals surface area contributed by atoms with Crippen molar-refractivity contribution in [3.63, 3.8) is 0 Å². The average Bonchev–Trinajstić information content (AvgIpc) is 1.91. The maximum absolute atomic E-state index is 8.84. The third-order valence-electron chi connectivity index (χ3n) is 1.17. The van der Waals surface area contributed by atoms with Crippen LogP contribution in [0.2, 0.25) is 0 Å². The molecular formula is C5H9NO. The Kier molecular flexibility index (Phi) is 1.02. The molecule has 0 bridgehead atoms. The van der Waals surface area contributed by atoms with Gasteiger partial charge in [-0.25, -0.2) is 0 Å². The number of hydrogen-bond acceptors (Lipinski definition) is 2. The monoisotopic (exact) mass is 99.1 g/mol. The number of aliphatic hydroxyl groups excluding tert-OH is 1. The molecule has 1 unspecified atom stereocenters. The summed E-state index contributed by atoms with van der Waals surface area (Å²) in [7, 11) is 0. The maximum Gasteiger partial charge on any atom is 0.0945 e. The van der Waals surface area contributed by atoms with Gasteiger partial charge >= 0.3 is 0 Å². The van der Waals surface area contributed by atoms with E-state index in [1.165, 1.54) is 0 Å². The Morgan fingerprint density at radius 3 is 2.71 bits per heavy atom. The van der Waals surface area contributed by atoms with Crippen LogP contribution >= 0.6 is 0 Å². The van der Waals surface area contributed by atoms with Crippen LogP contribution in [0.15, 0.2) is 12.3 Å². The highest BCUT2D eigenvalue weighted by molar-refractivity contribution is 5.03. The van der Waals surface area contributed by atoms with Crippen molar-refractivity contribution in [2.24, 2.45) is 0 Å². The van der Waals surface area contributed by atoms with Crippen LogP contribution in [0.1, 0.15) is 6.42 Å². The molecule has 1 fully saturated rings. The summed E-state index contributed by atoms with van der Waals surface area (Å²) < 4.78 is 0. The average molecular weight is 99.1 g/mol. The summed E-state index contributed by atoms with van der Waals surface area (Å²) in [6.07, 6.45) is 0.527. The predicted molar refractivity (Wildman–Crippen MR) is 27.8 cm³/mol. The van der Waals surface area contributed by atoms with Gasteiger partial charge in [-0.05, 0) is 6.42 Å². The minimum Gasteiger partial charge on any atom is -0.387 e. The normalized spacial score (nSPS) is 30.4. The van der Waals surface area contributed by atoms with E-state index in [9.17, 15) is 0 Å². The van der Waals surface area contributed by atoms with Gasteiger partial charge in [-0.1, -0.05) is 6.58 Å². The van der Waals surface area contributed by atoms with Crippen LogP contribution in [0.4, 0.5) is 0 Å². The first-order valence-electron chi connectivity index (χ1n) is 2.41. The van der Waals surface area contributed by atoms with E-state index < -0.39 is 0 Å². The molecule has 2 nitrogen and oxygen atoms in total. The predicted octanol–water partition coefficient (Wildman–Crippen LogP) is -0.146. The topological polar surface area (TPSA) is 32.3 Å². The molecule has 0 aromatic carbocycles. The van der Waals surface area contributed by atoms with E-state index in [4.69, 9.17) is 5.11 Å². The van der Waals surface area contributed by atoms with Crippen LogP contribution in [0, 0.1) is 0 Å². The lowest BCUT2D eigenvalue weighted by Gasteiger charge is -1.97. The van der Waals surface area contributed by atoms with Gasteiger partial charge in [-0.3, -0.25) is 0 Å². The number of nitrogens with one attached hydrogen (secondary N) is 1. The van der Waals surface area contributed by atoms with Crippen molar-refractivity contribution in [2.75, 3.05) is 6.54 Å². The highest BCUT2D eigenvalue weighted by Gasteiger charge is 2.13. The van der Waals surface area contributed by atoms with Crippen molar-refractivity contribution in [3.05, 3.63) is 12.3 Å². The lowest BCUT2D eigenvalue weighted by atomic mass is 10.3. The van der Waals surface area contributed by atoms with Crippen molar-refractivity contribution in [2.45, 2.75) is 12.5 Å². The van der Waals surface area contributed by atoms with Gasteiger partial charge in [-0.15, -0.1) is 0 Å². The molecule has 1 aliphatic rings. The zero-order chi connectivity index (χ0) is 5.28. The first-order chi connectivity index (χ1) is 3.30. The first-order valence-corrected chi connectivity index (χ1v) is 2.41. The number of rotatable bonds is 0. The van der Waals surface area contributed by atoms with E-state index >= 15 is 0 Å². The summed E-state index contributed by atoms with van der Waals surface area (Å²) in [5.41, 5.74) is 0.764. The van der Waals surface area contributed by atoms with Crippen LogP contribution in [0.25, 0.3) is 0 Å². The quantitative estimate of drug-likeness (QED) is 0.443. The highest BCUT2D eigenvalue weighted by Crippen LogP contribution is 2.05. The summed E-state index contributed by atoms with van der Waals surface area (Å²) in [5, 5.41) is 11.8. The first kappa shape index (κ1) is 4.65. The molecule has 1 atom stereocenters. The number of aliphatic hydroxyl groups is 1. The van der Waals surface area contributed by atoms with E-state index in [1.54, 1.807) is 0 Å². The molecule has 1 saturated heterocycles. The zero-order valence-corrected chi connectivity index (χ0v) is 4.15. The van der Waals surface area contributed by atoms with E-state index in [-0.39, 0.29) is 6.10 Å². The maximum atomic E-state index is 8.84. The van der Waals surface area contributed by atoms with Crippen molar-refractivity contribution < 1.29 is 5.11 Å². The fourth-order valence-electron chi connectivity index (χ4n) is 0.661. The Balaban J connectivity index is 2.48. The summed E-state index contributed by atoms with van der Waals surface area (Å²) in [6, 6.07) is 0. The van der Waals surface area contributed by atoms with E-state index in [2.05, 4.69) is 11.9 Å². The Morgan fingerprint density at radius 2 is 2.57 bits per heavy atom. The molecule has 0 aromatic heterocycles. The standard InChI is InChI=1S/C5H9NO/c1-4-5(7)2-3-6-4/h5-7H,1-3H2. The molecule has 1 rings (SSSR count). The fraction of sp³-hybridized carbons (Fsp3) is 0.600. The molecular weight excluding hydrogens is 90.1 g/mol. The summed E-state index contributed by atoms with van der Waals surface area (Å²) in [5.74, 6) is 0. The Morgan fingerprint density at radius 1 is 1.86 bits per heavy atom. The van der Waals surface area contributed by atoms with Crippen LogP contribution in [0.5, 0.6) is 0 Å². The van der Waals surface area contributed by atoms with E-state index in [0.717, 1.165) is 18.7 Å². The Bertz CT molecular complexity index is 90.1. The van der Waals surface area contributed by atoms with Crippen molar-refractivity contribution in [3.8, 4) is 0 Å². The molecule has 2 N–H and O–H groups in total. The molecule has 1 heterocycles. The summed E-state index contributed by atoms with van der Waals surface area (Å²) in [6.45, 7) is 4.45. The molecule has 0 radical (unpaired) electrons. The third-order valence-corrected chi connectivity index (χ3v) is 1.17. The van der Waals surface area contributed by atoms with Gasteiger partial charge in [0.15, 0.2) is 0 Å². The van der Waals surface area contributed by atoms with Gasteiger partial charge in [0.2, 0.25) is 0 Å². The lowest BCUT2D eigenvalue weighted by Crippen LogP contribution is -2.07. The van der Waals surface area contributed by atoms with E-state index in [0.29, 0.717) is 0 Å². The number of hydrogen-bond donors (Lipinski definition) is 2. The van der Waals surface area contributed by atoms with Gasteiger partial charge in [-0.2, -0.15) is 0 Å². The van der Waals surface area contributed by atoms with Crippen LogP contribution < -0.4 is 5.32 Å². The Labute approximate surface area is 42.8 Å². The molecule has 0 aliphatic carbocycles. The summed E-state index contributed by atoms with van der Waals surface area (Å²) >= 11 is 0. The minimum absolute atomic E-state index is 0.292. The zero-order valence-electron chi connectivity index (χ0n) is 4.15. The van der Waals surface area contributed by atoms with Crippen molar-refractivity contribution in [1.82, 2.24) is 5.32 Å². The lowest BCUT2D eigenvalue weighted by molar-refractivity contribution is 0.220. The second kappa shape index (κ2) is 1.54. The smallest absolute Gasteiger partial charge is 0.0945 e. The molecule has 0 amide bonds. The van der Waals surface area contributed by atoms with Crippen molar-refractivity contribution >= 4 is 0 Å². The largest absolute Gasteiger partial charge is 0.387 e. The molecule has 1 aliphatic heterocycles. The molecule has 40 valence electrons. The van der Waals surface area contributed by atoms with Gasteiger partial charge in [0, 0.05) is 12.2 Å². The highest BCUT2D eigenvalue weighted by atomic mass is 16.3. The van der Waals surface area contributed by atoms with Gasteiger partial charge in [0.05, 0.1) is 6.10 Å². The second-order valence-corrected chi connectivity index (χ2v) is 1.76. The van der Waals surface area contributed by atoms with Crippen LogP contribution in [0.3, 0.4) is 0 Å². The molecule has 0 aromatic rings. The van der Waals surface area contributed by atoms with Gasteiger partial charge in [0.1, 0.15) is 0 Å².